The first-order valence-corrected chi connectivity index (χ1v) is 7.71. The van der Waals surface area contributed by atoms with Gasteiger partial charge in [0.15, 0.2) is 5.82 Å². The minimum Gasteiger partial charge on any atom is -0.308 e. The second-order valence-electron chi connectivity index (χ2n) is 4.41. The Morgan fingerprint density at radius 1 is 1.47 bits per heavy atom. The van der Waals surface area contributed by atoms with E-state index in [9.17, 15) is 4.79 Å². The van der Waals surface area contributed by atoms with Crippen LogP contribution >= 0.6 is 27.7 Å². The number of nitrogens with zero attached hydrogens (tertiary/aromatic N) is 1. The SMILES string of the molecule is Cc1[nH]nc2c1[C@@H](c1cccc(Br)c1)SCC(=O)N2. The van der Waals surface area contributed by atoms with Crippen LogP contribution in [-0.2, 0) is 4.79 Å². The molecule has 1 aromatic carbocycles. The van der Waals surface area contributed by atoms with E-state index in [0.29, 0.717) is 11.6 Å². The summed E-state index contributed by atoms with van der Waals surface area (Å²) in [7, 11) is 0. The molecule has 1 aromatic heterocycles. The molecule has 2 aromatic rings. The summed E-state index contributed by atoms with van der Waals surface area (Å²) in [5, 5.41) is 10.1. The Kier molecular flexibility index (Phi) is 3.36. The van der Waals surface area contributed by atoms with E-state index < -0.39 is 0 Å². The minimum absolute atomic E-state index is 0.00440. The zero-order valence-electron chi connectivity index (χ0n) is 10.2. The largest absolute Gasteiger partial charge is 0.308 e. The minimum atomic E-state index is -0.00440. The number of benzene rings is 1. The second-order valence-corrected chi connectivity index (χ2v) is 6.41. The molecular weight excluding hydrogens is 326 g/mol. The molecule has 98 valence electrons. The predicted octanol–water partition coefficient (Wildman–Crippen LogP) is 3.26. The number of aryl methyl sites for hydroxylation is 1. The van der Waals surface area contributed by atoms with Crippen LogP contribution in [0.3, 0.4) is 0 Å². The van der Waals surface area contributed by atoms with Gasteiger partial charge in [-0.2, -0.15) is 5.10 Å². The number of rotatable bonds is 1. The number of thioether (sulfide) groups is 1. The molecule has 0 fully saturated rings. The fourth-order valence-corrected chi connectivity index (χ4v) is 3.80. The van der Waals surface area contributed by atoms with Crippen molar-refractivity contribution in [1.82, 2.24) is 10.2 Å². The number of hydrogen-bond donors (Lipinski definition) is 2. The van der Waals surface area contributed by atoms with Crippen molar-refractivity contribution in [2.45, 2.75) is 12.2 Å². The van der Waals surface area contributed by atoms with E-state index in [-0.39, 0.29) is 11.2 Å². The highest BCUT2D eigenvalue weighted by Crippen LogP contribution is 2.42. The van der Waals surface area contributed by atoms with Crippen LogP contribution < -0.4 is 5.32 Å². The van der Waals surface area contributed by atoms with Crippen LogP contribution in [0.1, 0.15) is 22.1 Å². The van der Waals surface area contributed by atoms with Crippen molar-refractivity contribution in [2.24, 2.45) is 0 Å². The van der Waals surface area contributed by atoms with Crippen LogP contribution in [0, 0.1) is 6.92 Å². The van der Waals surface area contributed by atoms with Gasteiger partial charge >= 0.3 is 0 Å². The molecule has 0 aliphatic carbocycles. The fraction of sp³-hybridized carbons (Fsp3) is 0.231. The van der Waals surface area contributed by atoms with Gasteiger partial charge in [-0.05, 0) is 24.6 Å². The molecule has 0 unspecified atom stereocenters. The van der Waals surface area contributed by atoms with Gasteiger partial charge < -0.3 is 5.32 Å². The Balaban J connectivity index is 2.11. The molecule has 0 saturated heterocycles. The summed E-state index contributed by atoms with van der Waals surface area (Å²) >= 11 is 5.12. The number of aromatic amines is 1. The predicted molar refractivity (Wildman–Crippen MR) is 80.4 cm³/mol. The molecule has 0 radical (unpaired) electrons. The van der Waals surface area contributed by atoms with E-state index in [4.69, 9.17) is 0 Å². The molecule has 0 saturated carbocycles. The summed E-state index contributed by atoms with van der Waals surface area (Å²) in [6, 6.07) is 8.17. The van der Waals surface area contributed by atoms with Gasteiger partial charge in [0.1, 0.15) is 0 Å². The first-order chi connectivity index (χ1) is 9.15. The smallest absolute Gasteiger partial charge is 0.235 e. The third kappa shape index (κ3) is 2.42. The Morgan fingerprint density at radius 3 is 3.11 bits per heavy atom. The van der Waals surface area contributed by atoms with E-state index in [1.165, 1.54) is 5.56 Å². The Bertz CT molecular complexity index is 641. The van der Waals surface area contributed by atoms with Gasteiger partial charge in [0.25, 0.3) is 0 Å². The summed E-state index contributed by atoms with van der Waals surface area (Å²) in [4.78, 5) is 11.7. The summed E-state index contributed by atoms with van der Waals surface area (Å²) in [5.74, 6) is 1.08. The van der Waals surface area contributed by atoms with Gasteiger partial charge in [0.2, 0.25) is 5.91 Å². The monoisotopic (exact) mass is 337 g/mol. The third-order valence-electron chi connectivity index (χ3n) is 3.05. The van der Waals surface area contributed by atoms with Crippen LogP contribution in [0.25, 0.3) is 0 Å². The maximum absolute atomic E-state index is 11.7. The number of carbonyl (C=O) groups excluding carboxylic acids is 1. The van der Waals surface area contributed by atoms with Crippen LogP contribution in [-0.4, -0.2) is 21.9 Å². The normalized spacial score (nSPS) is 18.6. The van der Waals surface area contributed by atoms with Gasteiger partial charge in [0.05, 0.1) is 11.0 Å². The average molecular weight is 338 g/mol. The number of halogens is 1. The molecule has 1 atom stereocenters. The van der Waals surface area contributed by atoms with Crippen molar-refractivity contribution in [3.8, 4) is 0 Å². The van der Waals surface area contributed by atoms with E-state index in [1.54, 1.807) is 11.8 Å². The Labute approximate surface area is 123 Å². The van der Waals surface area contributed by atoms with Crippen molar-refractivity contribution >= 4 is 39.4 Å². The summed E-state index contributed by atoms with van der Waals surface area (Å²) in [6.45, 7) is 1.98. The summed E-state index contributed by atoms with van der Waals surface area (Å²) < 4.78 is 1.04. The molecule has 0 bridgehead atoms. The number of anilines is 1. The van der Waals surface area contributed by atoms with Crippen molar-refractivity contribution in [2.75, 3.05) is 11.1 Å². The first kappa shape index (κ1) is 12.7. The van der Waals surface area contributed by atoms with Crippen molar-refractivity contribution in [3.63, 3.8) is 0 Å². The standard InChI is InChI=1S/C13H12BrN3OS/c1-7-11-12(8-3-2-4-9(14)5-8)19-6-10(18)15-13(11)17-16-7/h2-5,12H,6H2,1H3,(H2,15,16,17,18)/t12-/m1/s1. The van der Waals surface area contributed by atoms with Gasteiger partial charge in [-0.15, -0.1) is 11.8 Å². The second kappa shape index (κ2) is 5.02. The Morgan fingerprint density at radius 2 is 2.32 bits per heavy atom. The molecular formula is C13H12BrN3OS. The first-order valence-electron chi connectivity index (χ1n) is 5.87. The molecule has 1 aliphatic heterocycles. The number of amides is 1. The van der Waals surface area contributed by atoms with Crippen LogP contribution in [0.2, 0.25) is 0 Å². The lowest BCUT2D eigenvalue weighted by Crippen LogP contribution is -2.12. The van der Waals surface area contributed by atoms with Crippen LogP contribution in [0.4, 0.5) is 5.82 Å². The average Bonchev–Trinajstić information content (AvgIpc) is 2.64. The molecule has 6 heteroatoms. The van der Waals surface area contributed by atoms with Crippen molar-refractivity contribution in [1.29, 1.82) is 0 Å². The number of aromatic nitrogens is 2. The van der Waals surface area contributed by atoms with Crippen LogP contribution in [0.5, 0.6) is 0 Å². The van der Waals surface area contributed by atoms with Crippen molar-refractivity contribution < 1.29 is 4.79 Å². The zero-order chi connectivity index (χ0) is 13.4. The highest BCUT2D eigenvalue weighted by molar-refractivity contribution is 9.10. The molecule has 1 amide bonds. The lowest BCUT2D eigenvalue weighted by atomic mass is 10.0. The lowest BCUT2D eigenvalue weighted by molar-refractivity contribution is -0.113. The molecule has 2 heterocycles. The quantitative estimate of drug-likeness (QED) is 0.839. The fourth-order valence-electron chi connectivity index (χ4n) is 2.20. The Hall–Kier alpha value is -1.27. The van der Waals surface area contributed by atoms with Crippen LogP contribution in [0.15, 0.2) is 28.7 Å². The maximum Gasteiger partial charge on any atom is 0.235 e. The number of hydrogen-bond acceptors (Lipinski definition) is 3. The van der Waals surface area contributed by atoms with E-state index >= 15 is 0 Å². The number of nitrogens with one attached hydrogen (secondary N) is 2. The maximum atomic E-state index is 11.7. The molecule has 0 spiro atoms. The van der Waals surface area contributed by atoms with Gasteiger partial charge in [-0.1, -0.05) is 28.1 Å². The summed E-state index contributed by atoms with van der Waals surface area (Å²) in [5.41, 5.74) is 3.23. The van der Waals surface area contributed by atoms with Gasteiger partial charge in [-0.25, -0.2) is 0 Å². The topological polar surface area (TPSA) is 57.8 Å². The van der Waals surface area contributed by atoms with E-state index in [2.05, 4.69) is 43.6 Å². The number of fused-ring (bicyclic) bond motifs is 1. The van der Waals surface area contributed by atoms with Gasteiger partial charge in [-0.3, -0.25) is 9.89 Å². The van der Waals surface area contributed by atoms with Gasteiger partial charge in [0, 0.05) is 15.7 Å². The zero-order valence-corrected chi connectivity index (χ0v) is 12.6. The molecule has 4 nitrogen and oxygen atoms in total. The number of carbonyl (C=O) groups is 1. The number of H-pyrrole nitrogens is 1. The molecule has 3 rings (SSSR count). The molecule has 2 N–H and O–H groups in total. The van der Waals surface area contributed by atoms with E-state index in [1.807, 2.05) is 19.1 Å². The highest BCUT2D eigenvalue weighted by atomic mass is 79.9. The van der Waals surface area contributed by atoms with E-state index in [0.717, 1.165) is 15.7 Å². The molecule has 1 aliphatic rings. The lowest BCUT2D eigenvalue weighted by Gasteiger charge is -2.15. The van der Waals surface area contributed by atoms with Crippen molar-refractivity contribution in [3.05, 3.63) is 45.6 Å². The summed E-state index contributed by atoms with van der Waals surface area (Å²) in [6.07, 6.45) is 0. The molecule has 19 heavy (non-hydrogen) atoms. The third-order valence-corrected chi connectivity index (χ3v) is 4.81. The highest BCUT2D eigenvalue weighted by Gasteiger charge is 2.28.